The Hall–Kier alpha value is -0.770. The molecule has 1 aliphatic carbocycles. The second kappa shape index (κ2) is 12.9. The maximum atomic E-state index is 11.7. The van der Waals surface area contributed by atoms with Gasteiger partial charge in [0.2, 0.25) is 0 Å². The number of carbonyl (C=O) groups is 1. The summed E-state index contributed by atoms with van der Waals surface area (Å²) in [4.78, 5) is 11.7. The van der Waals surface area contributed by atoms with Gasteiger partial charge < -0.3 is 15.4 Å². The van der Waals surface area contributed by atoms with E-state index in [-0.39, 0.29) is 6.03 Å². The first-order valence-corrected chi connectivity index (χ1v) is 8.95. The Morgan fingerprint density at radius 1 is 1.00 bits per heavy atom. The molecule has 4 heteroatoms. The summed E-state index contributed by atoms with van der Waals surface area (Å²) in [5, 5.41) is 6.03. The number of ether oxygens (including phenoxy) is 1. The molecule has 4 nitrogen and oxygen atoms in total. The van der Waals surface area contributed by atoms with Crippen LogP contribution in [0.3, 0.4) is 0 Å². The average molecular weight is 298 g/mol. The van der Waals surface area contributed by atoms with Crippen LogP contribution in [0.25, 0.3) is 0 Å². The Morgan fingerprint density at radius 2 is 1.71 bits per heavy atom. The van der Waals surface area contributed by atoms with E-state index in [0.717, 1.165) is 51.9 Å². The van der Waals surface area contributed by atoms with Gasteiger partial charge in [0.05, 0.1) is 0 Å². The third-order valence-electron chi connectivity index (χ3n) is 4.08. The molecule has 21 heavy (non-hydrogen) atoms. The highest BCUT2D eigenvalue weighted by atomic mass is 16.5. The Balaban J connectivity index is 1.81. The molecular formula is C17H34N2O2. The Morgan fingerprint density at radius 3 is 2.43 bits per heavy atom. The van der Waals surface area contributed by atoms with E-state index in [1.165, 1.54) is 38.5 Å². The van der Waals surface area contributed by atoms with Crippen molar-refractivity contribution in [2.75, 3.05) is 19.8 Å². The van der Waals surface area contributed by atoms with E-state index in [0.29, 0.717) is 6.04 Å². The summed E-state index contributed by atoms with van der Waals surface area (Å²) in [6, 6.07) is 0.410. The molecule has 0 aliphatic heterocycles. The van der Waals surface area contributed by atoms with Crippen molar-refractivity contribution in [2.24, 2.45) is 0 Å². The van der Waals surface area contributed by atoms with Crippen molar-refractivity contribution in [3.8, 4) is 0 Å². The van der Waals surface area contributed by atoms with Crippen molar-refractivity contribution in [3.05, 3.63) is 0 Å². The van der Waals surface area contributed by atoms with Crippen molar-refractivity contribution >= 4 is 6.03 Å². The quantitative estimate of drug-likeness (QED) is 0.567. The molecule has 0 unspecified atom stereocenters. The van der Waals surface area contributed by atoms with Gasteiger partial charge in [-0.15, -0.1) is 0 Å². The van der Waals surface area contributed by atoms with E-state index in [4.69, 9.17) is 4.74 Å². The molecule has 0 bridgehead atoms. The van der Waals surface area contributed by atoms with Crippen LogP contribution in [0.4, 0.5) is 4.79 Å². The molecule has 0 aromatic carbocycles. The number of hydrogen-bond acceptors (Lipinski definition) is 2. The minimum absolute atomic E-state index is 0.0118. The average Bonchev–Trinajstić information content (AvgIpc) is 2.50. The molecule has 0 aromatic rings. The zero-order valence-corrected chi connectivity index (χ0v) is 13.8. The fourth-order valence-corrected chi connectivity index (χ4v) is 2.75. The van der Waals surface area contributed by atoms with Gasteiger partial charge in [-0.1, -0.05) is 39.0 Å². The van der Waals surface area contributed by atoms with Crippen LogP contribution in [0.15, 0.2) is 0 Å². The molecule has 0 aromatic heterocycles. The molecule has 0 heterocycles. The first kappa shape index (κ1) is 18.3. The summed E-state index contributed by atoms with van der Waals surface area (Å²) in [5.41, 5.74) is 0. The monoisotopic (exact) mass is 298 g/mol. The fourth-order valence-electron chi connectivity index (χ4n) is 2.75. The number of hydrogen-bond donors (Lipinski definition) is 2. The summed E-state index contributed by atoms with van der Waals surface area (Å²) in [6.07, 6.45) is 13.1. The van der Waals surface area contributed by atoms with Gasteiger partial charge in [-0.2, -0.15) is 0 Å². The third kappa shape index (κ3) is 10.6. The lowest BCUT2D eigenvalue weighted by molar-refractivity contribution is 0.126. The Bertz CT molecular complexity index is 253. The molecule has 1 fully saturated rings. The van der Waals surface area contributed by atoms with Crippen LogP contribution in [0.1, 0.15) is 77.6 Å². The summed E-state index contributed by atoms with van der Waals surface area (Å²) >= 11 is 0. The smallest absolute Gasteiger partial charge is 0.315 e. The highest BCUT2D eigenvalue weighted by molar-refractivity contribution is 5.74. The molecule has 1 rings (SSSR count). The molecule has 2 N–H and O–H groups in total. The summed E-state index contributed by atoms with van der Waals surface area (Å²) in [6.45, 7) is 4.74. The Labute approximate surface area is 130 Å². The standard InChI is InChI=1S/C17H34N2O2/c1-2-3-9-14-21-15-10-5-8-13-18-17(20)19-16-11-6-4-7-12-16/h16H,2-15H2,1H3,(H2,18,19,20). The van der Waals surface area contributed by atoms with Crippen molar-refractivity contribution in [1.82, 2.24) is 10.6 Å². The maximum Gasteiger partial charge on any atom is 0.315 e. The van der Waals surface area contributed by atoms with E-state index < -0.39 is 0 Å². The first-order chi connectivity index (χ1) is 10.3. The molecule has 0 spiro atoms. The van der Waals surface area contributed by atoms with E-state index >= 15 is 0 Å². The minimum Gasteiger partial charge on any atom is -0.381 e. The summed E-state index contributed by atoms with van der Waals surface area (Å²) in [7, 11) is 0. The SMILES string of the molecule is CCCCCOCCCCCNC(=O)NC1CCCCC1. The lowest BCUT2D eigenvalue weighted by Gasteiger charge is -2.22. The Kier molecular flexibility index (Phi) is 11.3. The minimum atomic E-state index is 0.0118. The second-order valence-corrected chi connectivity index (χ2v) is 6.12. The number of urea groups is 1. The third-order valence-corrected chi connectivity index (χ3v) is 4.08. The number of unbranched alkanes of at least 4 members (excludes halogenated alkanes) is 4. The number of carbonyl (C=O) groups excluding carboxylic acids is 1. The van der Waals surface area contributed by atoms with E-state index in [1.54, 1.807) is 0 Å². The van der Waals surface area contributed by atoms with Crippen LogP contribution in [0.2, 0.25) is 0 Å². The van der Waals surface area contributed by atoms with Gasteiger partial charge in [0.1, 0.15) is 0 Å². The van der Waals surface area contributed by atoms with Gasteiger partial charge in [0.25, 0.3) is 0 Å². The van der Waals surface area contributed by atoms with Crippen LogP contribution in [0.5, 0.6) is 0 Å². The van der Waals surface area contributed by atoms with E-state index in [1.807, 2.05) is 0 Å². The van der Waals surface area contributed by atoms with Crippen molar-refractivity contribution in [2.45, 2.75) is 83.6 Å². The van der Waals surface area contributed by atoms with Crippen LogP contribution in [-0.2, 0) is 4.74 Å². The molecule has 124 valence electrons. The van der Waals surface area contributed by atoms with Gasteiger partial charge >= 0.3 is 6.03 Å². The highest BCUT2D eigenvalue weighted by Gasteiger charge is 2.14. The lowest BCUT2D eigenvalue weighted by atomic mass is 9.96. The number of rotatable bonds is 11. The normalized spacial score (nSPS) is 15.9. The van der Waals surface area contributed by atoms with E-state index in [2.05, 4.69) is 17.6 Å². The van der Waals surface area contributed by atoms with Gasteiger partial charge in [0.15, 0.2) is 0 Å². The van der Waals surface area contributed by atoms with Gasteiger partial charge in [-0.25, -0.2) is 4.79 Å². The van der Waals surface area contributed by atoms with Crippen molar-refractivity contribution in [1.29, 1.82) is 0 Å². The fraction of sp³-hybridized carbons (Fsp3) is 0.941. The van der Waals surface area contributed by atoms with Crippen LogP contribution in [-0.4, -0.2) is 31.8 Å². The number of nitrogens with one attached hydrogen (secondary N) is 2. The van der Waals surface area contributed by atoms with Crippen molar-refractivity contribution < 1.29 is 9.53 Å². The molecule has 1 saturated carbocycles. The van der Waals surface area contributed by atoms with Gasteiger partial charge in [-0.05, 0) is 38.5 Å². The maximum absolute atomic E-state index is 11.7. The first-order valence-electron chi connectivity index (χ1n) is 8.95. The predicted octanol–water partition coefficient (Wildman–Crippen LogP) is 4.00. The lowest BCUT2D eigenvalue weighted by Crippen LogP contribution is -2.43. The van der Waals surface area contributed by atoms with Gasteiger partial charge in [-0.3, -0.25) is 0 Å². The molecular weight excluding hydrogens is 264 g/mol. The van der Waals surface area contributed by atoms with Crippen LogP contribution < -0.4 is 10.6 Å². The summed E-state index contributed by atoms with van der Waals surface area (Å²) in [5.74, 6) is 0. The molecule has 2 amide bonds. The summed E-state index contributed by atoms with van der Waals surface area (Å²) < 4.78 is 5.56. The number of amides is 2. The zero-order valence-electron chi connectivity index (χ0n) is 13.8. The van der Waals surface area contributed by atoms with Crippen molar-refractivity contribution in [3.63, 3.8) is 0 Å². The zero-order chi connectivity index (χ0) is 15.2. The highest BCUT2D eigenvalue weighted by Crippen LogP contribution is 2.17. The second-order valence-electron chi connectivity index (χ2n) is 6.12. The molecule has 1 aliphatic rings. The van der Waals surface area contributed by atoms with Gasteiger partial charge in [0, 0.05) is 25.8 Å². The topological polar surface area (TPSA) is 50.4 Å². The van der Waals surface area contributed by atoms with Crippen LogP contribution >= 0.6 is 0 Å². The largest absolute Gasteiger partial charge is 0.381 e. The molecule has 0 atom stereocenters. The predicted molar refractivity (Wildman–Crippen MR) is 87.6 cm³/mol. The molecule has 0 radical (unpaired) electrons. The van der Waals surface area contributed by atoms with Crippen LogP contribution in [0, 0.1) is 0 Å². The van der Waals surface area contributed by atoms with E-state index in [9.17, 15) is 4.79 Å². The molecule has 0 saturated heterocycles.